The quantitative estimate of drug-likeness (QED) is 0.180. The van der Waals surface area contributed by atoms with Gasteiger partial charge < -0.3 is 18.7 Å². The zero-order chi connectivity index (χ0) is 44.5. The normalized spacial score (nSPS) is 14.2. The largest absolute Gasteiger partial charge is 0.456 e. The first-order chi connectivity index (χ1) is 31.1. The zero-order valence-electron chi connectivity index (χ0n) is 38.5. The van der Waals surface area contributed by atoms with Crippen LogP contribution in [-0.2, 0) is 16.2 Å². The van der Waals surface area contributed by atoms with Gasteiger partial charge in [-0.1, -0.05) is 134 Å². The molecule has 11 aromatic rings. The van der Waals surface area contributed by atoms with E-state index in [1.807, 2.05) is 0 Å². The molecule has 1 radical (unpaired) electrons. The second-order valence-corrected chi connectivity index (χ2v) is 21.4. The van der Waals surface area contributed by atoms with Crippen molar-refractivity contribution in [1.29, 1.82) is 0 Å². The number of benzene rings is 8. The molecule has 2 aliphatic rings. The Bertz CT molecular complexity index is 3880. The van der Waals surface area contributed by atoms with E-state index < -0.39 is 0 Å². The first-order valence-corrected chi connectivity index (χ1v) is 23.1. The fourth-order valence-corrected chi connectivity index (χ4v) is 11.3. The number of hydrogen-bond donors (Lipinski definition) is 1. The molecule has 1 aliphatic heterocycles. The summed E-state index contributed by atoms with van der Waals surface area (Å²) in [5.41, 5.74) is 22.9. The third kappa shape index (κ3) is 5.45. The van der Waals surface area contributed by atoms with Crippen LogP contribution >= 0.6 is 0 Å². The summed E-state index contributed by atoms with van der Waals surface area (Å²) in [7, 11) is 2.46. The fourth-order valence-electron chi connectivity index (χ4n) is 11.3. The molecular formula is C60H50BN2O2. The van der Waals surface area contributed by atoms with E-state index in [0.717, 1.165) is 71.9 Å². The van der Waals surface area contributed by atoms with E-state index in [9.17, 15) is 0 Å². The van der Waals surface area contributed by atoms with Crippen molar-refractivity contribution < 1.29 is 8.83 Å². The van der Waals surface area contributed by atoms with E-state index in [4.69, 9.17) is 8.83 Å². The third-order valence-corrected chi connectivity index (χ3v) is 14.8. The van der Waals surface area contributed by atoms with Crippen molar-refractivity contribution >= 4 is 95.3 Å². The highest BCUT2D eigenvalue weighted by Gasteiger charge is 2.38. The molecule has 1 aliphatic carbocycles. The van der Waals surface area contributed by atoms with E-state index >= 15 is 0 Å². The van der Waals surface area contributed by atoms with Crippen molar-refractivity contribution in [3.8, 4) is 27.9 Å². The Kier molecular flexibility index (Phi) is 7.61. The Morgan fingerprint density at radius 1 is 0.538 bits per heavy atom. The molecule has 65 heavy (non-hydrogen) atoms. The van der Waals surface area contributed by atoms with Gasteiger partial charge in [0.05, 0.1) is 5.52 Å². The van der Waals surface area contributed by atoms with Gasteiger partial charge in [-0.3, -0.25) is 0 Å². The smallest absolute Gasteiger partial charge is 0.197 e. The number of nitrogens with one attached hydrogen (secondary N) is 1. The van der Waals surface area contributed by atoms with E-state index in [0.29, 0.717) is 0 Å². The van der Waals surface area contributed by atoms with Crippen LogP contribution in [-0.4, -0.2) is 11.8 Å². The summed E-state index contributed by atoms with van der Waals surface area (Å²) in [5, 5.41) is 11.0. The molecule has 0 unspecified atom stereocenters. The number of furan rings is 2. The van der Waals surface area contributed by atoms with Crippen LogP contribution in [0, 0.1) is 6.92 Å². The number of hydrogen-bond acceptors (Lipinski definition) is 3. The van der Waals surface area contributed by atoms with Crippen LogP contribution in [0.2, 0.25) is 0 Å². The topological polar surface area (TPSA) is 43.2 Å². The van der Waals surface area contributed by atoms with E-state index in [1.165, 1.54) is 71.8 Å². The highest BCUT2D eigenvalue weighted by Crippen LogP contribution is 2.50. The molecule has 3 aromatic heterocycles. The summed E-state index contributed by atoms with van der Waals surface area (Å²) in [6.07, 6.45) is 0. The highest BCUT2D eigenvalue weighted by atomic mass is 16.3. The van der Waals surface area contributed by atoms with Crippen LogP contribution in [0.25, 0.3) is 93.6 Å². The van der Waals surface area contributed by atoms with E-state index in [-0.39, 0.29) is 16.2 Å². The van der Waals surface area contributed by atoms with Crippen molar-refractivity contribution in [2.45, 2.75) is 78.6 Å². The predicted octanol–water partition coefficient (Wildman–Crippen LogP) is 15.2. The minimum atomic E-state index is -0.144. The number of anilines is 2. The molecule has 13 rings (SSSR count). The van der Waals surface area contributed by atoms with Crippen LogP contribution in [0.5, 0.6) is 0 Å². The highest BCUT2D eigenvalue weighted by molar-refractivity contribution is 6.73. The maximum Gasteiger partial charge on any atom is 0.197 e. The van der Waals surface area contributed by atoms with Crippen LogP contribution in [0.4, 0.5) is 11.4 Å². The van der Waals surface area contributed by atoms with Gasteiger partial charge in [0.2, 0.25) is 0 Å². The van der Waals surface area contributed by atoms with E-state index in [2.05, 4.69) is 213 Å². The monoisotopic (exact) mass is 841 g/mol. The Balaban J connectivity index is 1.12. The van der Waals surface area contributed by atoms with Crippen LogP contribution in [0.3, 0.4) is 0 Å². The van der Waals surface area contributed by atoms with Gasteiger partial charge in [0.25, 0.3) is 0 Å². The Morgan fingerprint density at radius 3 is 2.00 bits per heavy atom. The number of nitrogens with zero attached hydrogens (tertiary/aromatic N) is 1. The molecule has 8 aromatic carbocycles. The number of fused-ring (bicyclic) bond motifs is 14. The molecule has 0 atom stereocenters. The number of para-hydroxylation sites is 1. The van der Waals surface area contributed by atoms with Gasteiger partial charge in [0.1, 0.15) is 22.3 Å². The van der Waals surface area contributed by atoms with Crippen molar-refractivity contribution in [3.63, 3.8) is 0 Å². The summed E-state index contributed by atoms with van der Waals surface area (Å²) in [6.45, 7) is 20.6. The third-order valence-electron chi connectivity index (χ3n) is 14.8. The van der Waals surface area contributed by atoms with Gasteiger partial charge in [-0.25, -0.2) is 0 Å². The standard InChI is InChI=1S/C60H50BN2O2/c1-32-24-43(39-29-53-42(40-25-34(59(5,6)7)20-23-52(40)65-53)28-48(39)62-35-21-18-33(19-22-35)58(2,3)4)56-57-55(32)44-26-41-37-15-11-13-17-51(37)64-54(41)31-49(44)63(57)50-30-46-38(27-47(50)61-56)36-14-10-12-16-45(36)60(46,8)9/h10-31,62H,1-9H3. The average molecular weight is 842 g/mol. The molecule has 4 nitrogen and oxygen atoms in total. The average Bonchev–Trinajstić information content (AvgIpc) is 3.99. The molecule has 0 saturated carbocycles. The van der Waals surface area contributed by atoms with E-state index in [1.54, 1.807) is 0 Å². The van der Waals surface area contributed by atoms with Gasteiger partial charge in [0, 0.05) is 71.9 Å². The summed E-state index contributed by atoms with van der Waals surface area (Å²) >= 11 is 0. The number of aryl methyl sites for hydroxylation is 1. The van der Waals surface area contributed by atoms with Crippen LogP contribution < -0.4 is 16.2 Å². The van der Waals surface area contributed by atoms with Gasteiger partial charge >= 0.3 is 0 Å². The molecule has 315 valence electrons. The molecule has 0 saturated heterocycles. The van der Waals surface area contributed by atoms with Gasteiger partial charge in [-0.05, 0) is 122 Å². The van der Waals surface area contributed by atoms with Crippen molar-refractivity contribution in [2.24, 2.45) is 0 Å². The van der Waals surface area contributed by atoms with Crippen molar-refractivity contribution in [1.82, 2.24) is 4.57 Å². The Labute approximate surface area is 380 Å². The molecular weight excluding hydrogens is 791 g/mol. The second kappa shape index (κ2) is 12.8. The minimum absolute atomic E-state index is 0.00138. The summed E-state index contributed by atoms with van der Waals surface area (Å²) < 4.78 is 16.0. The summed E-state index contributed by atoms with van der Waals surface area (Å²) in [4.78, 5) is 0. The molecule has 0 bridgehead atoms. The minimum Gasteiger partial charge on any atom is -0.456 e. The lowest BCUT2D eigenvalue weighted by atomic mass is 9.58. The summed E-state index contributed by atoms with van der Waals surface area (Å²) in [5.74, 6) is 0. The molecule has 5 heteroatoms. The lowest BCUT2D eigenvalue weighted by molar-refractivity contribution is 0.590. The van der Waals surface area contributed by atoms with Crippen LogP contribution in [0.1, 0.15) is 83.2 Å². The first-order valence-electron chi connectivity index (χ1n) is 23.1. The fraction of sp³-hybridized carbons (Fsp3) is 0.200. The number of rotatable bonds is 3. The first kappa shape index (κ1) is 38.5. The molecule has 0 fully saturated rings. The van der Waals surface area contributed by atoms with Gasteiger partial charge in [0.15, 0.2) is 7.28 Å². The SMILES string of the molecule is Cc1cc(-c2cc3oc4ccc(C(C)(C)C)cc4c3cc2Nc2ccc(C(C)(C)C)cc2)c2c3c1c1cc4c(cc1n3-c1cc3c(cc1[B]2)-c1ccccc1C3(C)C)oc1ccccc14. The van der Waals surface area contributed by atoms with Crippen molar-refractivity contribution in [3.05, 3.63) is 161 Å². The predicted molar refractivity (Wildman–Crippen MR) is 275 cm³/mol. The number of aromatic nitrogens is 1. The molecule has 0 spiro atoms. The molecule has 1 N–H and O–H groups in total. The van der Waals surface area contributed by atoms with Crippen LogP contribution in [0.15, 0.2) is 142 Å². The van der Waals surface area contributed by atoms with Gasteiger partial charge in [-0.2, -0.15) is 0 Å². The second-order valence-electron chi connectivity index (χ2n) is 21.4. The summed E-state index contributed by atoms with van der Waals surface area (Å²) in [6, 6.07) is 49.6. The lowest BCUT2D eigenvalue weighted by Crippen LogP contribution is -2.38. The Morgan fingerprint density at radius 2 is 1.22 bits per heavy atom. The Hall–Kier alpha value is -6.98. The molecule has 0 amide bonds. The maximum absolute atomic E-state index is 6.79. The van der Waals surface area contributed by atoms with Crippen molar-refractivity contribution in [2.75, 3.05) is 5.32 Å². The lowest BCUT2D eigenvalue weighted by Gasteiger charge is -2.27. The zero-order valence-corrected chi connectivity index (χ0v) is 38.5. The maximum atomic E-state index is 6.79. The van der Waals surface area contributed by atoms with Gasteiger partial charge in [-0.15, -0.1) is 0 Å². The molecule has 4 heterocycles.